The van der Waals surface area contributed by atoms with Crippen LogP contribution in [0.25, 0.3) is 21.7 Å². The normalized spacial score (nSPS) is 11.1. The van der Waals surface area contributed by atoms with Crippen LogP contribution < -0.4 is 15.0 Å². The van der Waals surface area contributed by atoms with Gasteiger partial charge in [-0.2, -0.15) is 0 Å². The van der Waals surface area contributed by atoms with Gasteiger partial charge in [0.25, 0.3) is 5.91 Å². The Morgan fingerprint density at radius 1 is 0.941 bits per heavy atom. The summed E-state index contributed by atoms with van der Waals surface area (Å²) in [7, 11) is 0. The molecule has 0 atom stereocenters. The molecule has 2 heterocycles. The second kappa shape index (κ2) is 9.00. The number of H-pyrrole nitrogens is 1. The summed E-state index contributed by atoms with van der Waals surface area (Å²) in [6.07, 6.45) is 5.70. The van der Waals surface area contributed by atoms with Gasteiger partial charge in [-0.25, -0.2) is 4.57 Å². The number of ketones is 1. The zero-order valence-corrected chi connectivity index (χ0v) is 18.9. The summed E-state index contributed by atoms with van der Waals surface area (Å²) < 4.78 is 7.85. The van der Waals surface area contributed by atoms with E-state index >= 15 is 0 Å². The molecule has 0 saturated carbocycles. The molecule has 0 spiro atoms. The number of hydrogen-bond donors (Lipinski definition) is 2. The van der Waals surface area contributed by atoms with Crippen LogP contribution in [0.1, 0.15) is 26.3 Å². The summed E-state index contributed by atoms with van der Waals surface area (Å²) >= 11 is 6.05. The van der Waals surface area contributed by atoms with Crippen LogP contribution in [0, 0.1) is 0 Å². The third kappa shape index (κ3) is 4.36. The van der Waals surface area contributed by atoms with Crippen LogP contribution in [0.15, 0.2) is 85.3 Å². The van der Waals surface area contributed by atoms with Crippen LogP contribution in [-0.4, -0.2) is 23.3 Å². The molecule has 0 radical (unpaired) electrons. The first kappa shape index (κ1) is 21.7. The van der Waals surface area contributed by atoms with Gasteiger partial charge in [0, 0.05) is 45.4 Å². The third-order valence-electron chi connectivity index (χ3n) is 5.71. The van der Waals surface area contributed by atoms with Crippen molar-refractivity contribution >= 4 is 45.0 Å². The van der Waals surface area contributed by atoms with Crippen molar-refractivity contribution < 1.29 is 18.9 Å². The number of aromatic amines is 1. The number of ether oxygens (including phenoxy) is 1. The molecule has 168 valence electrons. The first-order valence-corrected chi connectivity index (χ1v) is 11.1. The number of fused-ring (bicyclic) bond motifs is 2. The van der Waals surface area contributed by atoms with Gasteiger partial charge in [-0.1, -0.05) is 35.9 Å². The fourth-order valence-corrected chi connectivity index (χ4v) is 4.21. The summed E-state index contributed by atoms with van der Waals surface area (Å²) in [5.74, 6) is -0.582. The molecule has 0 aliphatic heterocycles. The van der Waals surface area contributed by atoms with Crippen molar-refractivity contribution in [1.82, 2.24) is 4.98 Å². The van der Waals surface area contributed by atoms with Gasteiger partial charge in [-0.3, -0.25) is 9.59 Å². The molecule has 0 bridgehead atoms. The molecular weight excluding hydrogens is 450 g/mol. The monoisotopic (exact) mass is 470 g/mol. The summed E-state index contributed by atoms with van der Waals surface area (Å²) in [6.45, 7) is 0.499. The van der Waals surface area contributed by atoms with Gasteiger partial charge in [-0.05, 0) is 41.1 Å². The predicted octanol–water partition coefficient (Wildman–Crippen LogP) is 4.67. The number of benzene rings is 3. The molecule has 5 rings (SSSR count). The van der Waals surface area contributed by atoms with Gasteiger partial charge in [0.15, 0.2) is 25.5 Å². The van der Waals surface area contributed by atoms with E-state index in [1.165, 1.54) is 0 Å². The maximum absolute atomic E-state index is 13.0. The van der Waals surface area contributed by atoms with E-state index in [1.807, 2.05) is 54.9 Å². The molecule has 34 heavy (non-hydrogen) atoms. The number of nitrogens with zero attached hydrogens (tertiary/aromatic N) is 1. The molecule has 0 aliphatic rings. The first-order valence-electron chi connectivity index (χ1n) is 10.7. The summed E-state index contributed by atoms with van der Waals surface area (Å²) in [4.78, 5) is 28.1. The Hall–Kier alpha value is -4.16. The number of aromatic nitrogens is 2. The van der Waals surface area contributed by atoms with E-state index < -0.39 is 5.91 Å². The first-order chi connectivity index (χ1) is 16.5. The second-order valence-corrected chi connectivity index (χ2v) is 8.48. The minimum absolute atomic E-state index is 0.199. The quantitative estimate of drug-likeness (QED) is 0.267. The molecule has 0 saturated heterocycles. The molecule has 3 aromatic carbocycles. The lowest BCUT2D eigenvalue weighted by Crippen LogP contribution is -2.32. The van der Waals surface area contributed by atoms with Gasteiger partial charge >= 0.3 is 0 Å². The fourth-order valence-electron chi connectivity index (χ4n) is 4.03. The third-order valence-corrected chi connectivity index (χ3v) is 5.95. The van der Waals surface area contributed by atoms with Crippen molar-refractivity contribution in [3.05, 3.63) is 107 Å². The predicted molar refractivity (Wildman–Crippen MR) is 131 cm³/mol. The van der Waals surface area contributed by atoms with E-state index in [2.05, 4.69) is 9.55 Å². The van der Waals surface area contributed by atoms with Crippen LogP contribution >= 0.6 is 11.6 Å². The van der Waals surface area contributed by atoms with Crippen molar-refractivity contribution in [2.45, 2.75) is 6.54 Å². The van der Waals surface area contributed by atoms with Gasteiger partial charge in [0.1, 0.15) is 5.75 Å². The van der Waals surface area contributed by atoms with Crippen LogP contribution in [0.4, 0.5) is 0 Å². The highest BCUT2D eigenvalue weighted by molar-refractivity contribution is 6.31. The van der Waals surface area contributed by atoms with Gasteiger partial charge in [0.05, 0.1) is 5.56 Å². The Balaban J connectivity index is 1.37. The summed E-state index contributed by atoms with van der Waals surface area (Å²) in [5.41, 5.74) is 8.26. The van der Waals surface area contributed by atoms with Crippen molar-refractivity contribution in [2.24, 2.45) is 5.73 Å². The van der Waals surface area contributed by atoms with Gasteiger partial charge in [0.2, 0.25) is 5.78 Å². The van der Waals surface area contributed by atoms with E-state index in [4.69, 9.17) is 22.1 Å². The zero-order chi connectivity index (χ0) is 23.7. The van der Waals surface area contributed by atoms with E-state index in [-0.39, 0.29) is 23.7 Å². The maximum atomic E-state index is 13.0. The van der Waals surface area contributed by atoms with E-state index in [9.17, 15) is 9.59 Å². The summed E-state index contributed by atoms with van der Waals surface area (Å²) in [6, 6.07) is 20.6. The number of nitrogens with one attached hydrogen (secondary N) is 1. The molecule has 5 aromatic rings. The largest absolute Gasteiger partial charge is 0.485 e. The van der Waals surface area contributed by atoms with Gasteiger partial charge < -0.3 is 15.5 Å². The Morgan fingerprint density at radius 2 is 1.76 bits per heavy atom. The highest BCUT2D eigenvalue weighted by atomic mass is 35.5. The van der Waals surface area contributed by atoms with Crippen LogP contribution in [0.2, 0.25) is 5.02 Å². The molecule has 7 heteroatoms. The lowest BCUT2D eigenvalue weighted by Gasteiger charge is -2.11. The van der Waals surface area contributed by atoms with E-state index in [0.717, 1.165) is 33.8 Å². The van der Waals surface area contributed by atoms with Crippen LogP contribution in [0.3, 0.4) is 0 Å². The lowest BCUT2D eigenvalue weighted by atomic mass is 10.1. The molecule has 0 unspecified atom stereocenters. The van der Waals surface area contributed by atoms with E-state index in [1.54, 1.807) is 30.5 Å². The highest BCUT2D eigenvalue weighted by Gasteiger charge is 2.17. The maximum Gasteiger partial charge on any atom is 0.252 e. The molecule has 0 fully saturated rings. The number of rotatable bonds is 7. The van der Waals surface area contributed by atoms with Crippen molar-refractivity contribution in [1.29, 1.82) is 0 Å². The Labute approximate surface area is 200 Å². The average molecular weight is 471 g/mol. The van der Waals surface area contributed by atoms with Crippen molar-refractivity contribution in [3.63, 3.8) is 0 Å². The number of nitrogens with two attached hydrogens (primary N) is 1. The smallest absolute Gasteiger partial charge is 0.252 e. The minimum atomic E-state index is -0.639. The zero-order valence-electron chi connectivity index (χ0n) is 18.1. The fraction of sp³-hybridized carbons (Fsp3) is 0.0741. The standard InChI is InChI=1S/C27H20ClN3O3/c28-20-6-5-18-13-26(22(27(29)33)12-19(18)11-20)34-16-25(32)23-14-30-24-10-17(4-7-21(23)24)15-31-8-2-1-3-9-31/h1-14H,15-16H2,(H2-,29,30,32,33)/p+1. The number of hydrogen-bond acceptors (Lipinski definition) is 3. The Bertz CT molecular complexity index is 1540. The Morgan fingerprint density at radius 3 is 2.56 bits per heavy atom. The van der Waals surface area contributed by atoms with E-state index in [0.29, 0.717) is 10.6 Å². The topological polar surface area (TPSA) is 89.1 Å². The molecular formula is C27H21ClN3O3+. The molecule has 2 aromatic heterocycles. The van der Waals surface area contributed by atoms with Crippen molar-refractivity contribution in [2.75, 3.05) is 6.61 Å². The molecule has 3 N–H and O–H groups in total. The van der Waals surface area contributed by atoms with Gasteiger partial charge in [-0.15, -0.1) is 0 Å². The number of halogens is 1. The minimum Gasteiger partial charge on any atom is -0.485 e. The summed E-state index contributed by atoms with van der Waals surface area (Å²) in [5, 5.41) is 2.96. The number of carbonyl (C=O) groups is 2. The second-order valence-electron chi connectivity index (χ2n) is 8.05. The molecule has 6 nitrogen and oxygen atoms in total. The number of carbonyl (C=O) groups excluding carboxylic acids is 2. The Kier molecular flexibility index (Phi) is 5.74. The molecule has 1 amide bonds. The van der Waals surface area contributed by atoms with Crippen molar-refractivity contribution in [3.8, 4) is 5.75 Å². The number of Topliss-reactive ketones (excluding diaryl/α,β-unsaturated/α-hetero) is 1. The highest BCUT2D eigenvalue weighted by Crippen LogP contribution is 2.28. The average Bonchev–Trinajstić information content (AvgIpc) is 3.26. The van der Waals surface area contributed by atoms with Crippen LogP contribution in [0.5, 0.6) is 5.75 Å². The lowest BCUT2D eigenvalue weighted by molar-refractivity contribution is -0.688. The number of amides is 1. The number of primary amides is 1. The van der Waals surface area contributed by atoms with Crippen LogP contribution in [-0.2, 0) is 6.54 Å². The number of pyridine rings is 1. The molecule has 0 aliphatic carbocycles. The SMILES string of the molecule is NC(=O)c1cc2cc(Cl)ccc2cc1OCC(=O)c1c[nH]c2cc(C[n+]3ccccc3)ccc12.